The number of hydrogen-bond donors (Lipinski definition) is 1. The van der Waals surface area contributed by atoms with E-state index in [4.69, 9.17) is 0 Å². The summed E-state index contributed by atoms with van der Waals surface area (Å²) in [5.41, 5.74) is 1.58. The van der Waals surface area contributed by atoms with Crippen LogP contribution < -0.4 is 0 Å². The molecule has 0 spiro atoms. The Morgan fingerprint density at radius 3 is 2.71 bits per heavy atom. The van der Waals surface area contributed by atoms with Gasteiger partial charge < -0.3 is 5.11 Å². The van der Waals surface area contributed by atoms with Crippen LogP contribution in [0.1, 0.15) is 52.0 Å². The number of aliphatic hydroxyl groups excluding tert-OH is 1. The van der Waals surface area contributed by atoms with Crippen molar-refractivity contribution in [2.45, 2.75) is 65.1 Å². The Morgan fingerprint density at radius 2 is 2.14 bits per heavy atom. The summed E-state index contributed by atoms with van der Waals surface area (Å²) in [5, 5.41) is 14.6. The summed E-state index contributed by atoms with van der Waals surface area (Å²) in [6.07, 6.45) is 8.15. The molecule has 0 aliphatic heterocycles. The van der Waals surface area contributed by atoms with Crippen LogP contribution in [0.4, 0.5) is 0 Å². The summed E-state index contributed by atoms with van der Waals surface area (Å²) in [4.78, 5) is 2.31. The first-order chi connectivity index (χ1) is 9.83. The van der Waals surface area contributed by atoms with Crippen molar-refractivity contribution in [3.8, 4) is 0 Å². The Labute approximate surface area is 129 Å². The van der Waals surface area contributed by atoms with Gasteiger partial charge in [0.05, 0.1) is 12.3 Å². The normalized spacial score (nSPS) is 27.3. The van der Waals surface area contributed by atoms with Crippen LogP contribution in [-0.2, 0) is 13.6 Å². The summed E-state index contributed by atoms with van der Waals surface area (Å²) >= 11 is 0. The zero-order chi connectivity index (χ0) is 15.6. The molecule has 3 atom stereocenters. The van der Waals surface area contributed by atoms with Crippen LogP contribution in [0.25, 0.3) is 0 Å². The summed E-state index contributed by atoms with van der Waals surface area (Å²) in [6.45, 7) is 7.87. The van der Waals surface area contributed by atoms with Gasteiger partial charge in [-0.05, 0) is 37.6 Å². The van der Waals surface area contributed by atoms with E-state index in [9.17, 15) is 5.11 Å². The van der Waals surface area contributed by atoms with Crippen LogP contribution in [0.2, 0.25) is 0 Å². The Morgan fingerprint density at radius 1 is 1.43 bits per heavy atom. The third-order valence-corrected chi connectivity index (χ3v) is 5.55. The molecule has 1 saturated carbocycles. The van der Waals surface area contributed by atoms with E-state index in [1.54, 1.807) is 0 Å². The van der Waals surface area contributed by atoms with Crippen LogP contribution >= 0.6 is 0 Å². The number of aryl methyl sites for hydroxylation is 1. The van der Waals surface area contributed by atoms with Gasteiger partial charge in [0.15, 0.2) is 0 Å². The average Bonchev–Trinajstić information content (AvgIpc) is 2.84. The van der Waals surface area contributed by atoms with Gasteiger partial charge in [-0.3, -0.25) is 9.58 Å². The quantitative estimate of drug-likeness (QED) is 0.907. The van der Waals surface area contributed by atoms with E-state index in [1.165, 1.54) is 12.0 Å². The van der Waals surface area contributed by atoms with Crippen molar-refractivity contribution in [3.05, 3.63) is 18.0 Å². The Balaban J connectivity index is 2.02. The van der Waals surface area contributed by atoms with Crippen molar-refractivity contribution >= 4 is 0 Å². The van der Waals surface area contributed by atoms with Gasteiger partial charge in [-0.2, -0.15) is 5.10 Å². The zero-order valence-corrected chi connectivity index (χ0v) is 14.2. The number of aliphatic hydroxyl groups is 1. The minimum atomic E-state index is -0.199. The van der Waals surface area contributed by atoms with Crippen LogP contribution in [0.5, 0.6) is 0 Å². The van der Waals surface area contributed by atoms with E-state index < -0.39 is 0 Å². The topological polar surface area (TPSA) is 41.3 Å². The SMILES string of the molecule is CCC(C)(C)C1CCC(O)C(N(C)Cc2cnn(C)c2)C1. The van der Waals surface area contributed by atoms with Gasteiger partial charge in [-0.15, -0.1) is 0 Å². The summed E-state index contributed by atoms with van der Waals surface area (Å²) in [5.74, 6) is 0.701. The fraction of sp³-hybridized carbons (Fsp3) is 0.824. The predicted molar refractivity (Wildman–Crippen MR) is 85.9 cm³/mol. The van der Waals surface area contributed by atoms with E-state index >= 15 is 0 Å². The minimum absolute atomic E-state index is 0.199. The van der Waals surface area contributed by atoms with Gasteiger partial charge in [-0.1, -0.05) is 27.2 Å². The molecule has 21 heavy (non-hydrogen) atoms. The molecule has 2 rings (SSSR count). The molecule has 1 aromatic rings. The summed E-state index contributed by atoms with van der Waals surface area (Å²) in [7, 11) is 4.07. The lowest BCUT2D eigenvalue weighted by atomic mass is 9.67. The lowest BCUT2D eigenvalue weighted by molar-refractivity contribution is -0.0144. The molecule has 0 radical (unpaired) electrons. The van der Waals surface area contributed by atoms with Gasteiger partial charge in [0.25, 0.3) is 0 Å². The van der Waals surface area contributed by atoms with Crippen LogP contribution in [0.3, 0.4) is 0 Å². The molecule has 120 valence electrons. The Kier molecular flexibility index (Phi) is 5.10. The molecule has 1 aliphatic carbocycles. The number of rotatable bonds is 5. The largest absolute Gasteiger partial charge is 0.391 e. The zero-order valence-electron chi connectivity index (χ0n) is 14.2. The van der Waals surface area contributed by atoms with Crippen LogP contribution in [0.15, 0.2) is 12.4 Å². The second-order valence-corrected chi connectivity index (χ2v) is 7.42. The molecule has 0 bridgehead atoms. The van der Waals surface area contributed by atoms with Gasteiger partial charge in [0.2, 0.25) is 0 Å². The fourth-order valence-corrected chi connectivity index (χ4v) is 3.56. The molecule has 0 aromatic carbocycles. The lowest BCUT2D eigenvalue weighted by Crippen LogP contribution is -2.47. The Bertz CT molecular complexity index is 455. The highest BCUT2D eigenvalue weighted by Crippen LogP contribution is 2.41. The molecule has 1 fully saturated rings. The minimum Gasteiger partial charge on any atom is -0.391 e. The number of hydrogen-bond acceptors (Lipinski definition) is 3. The van der Waals surface area contributed by atoms with E-state index in [0.717, 1.165) is 25.8 Å². The lowest BCUT2D eigenvalue weighted by Gasteiger charge is -2.44. The van der Waals surface area contributed by atoms with Gasteiger partial charge in [0.1, 0.15) is 0 Å². The van der Waals surface area contributed by atoms with E-state index in [2.05, 4.69) is 44.0 Å². The van der Waals surface area contributed by atoms with Crippen molar-refractivity contribution in [2.75, 3.05) is 7.05 Å². The van der Waals surface area contributed by atoms with Crippen molar-refractivity contribution in [1.29, 1.82) is 0 Å². The molecule has 0 saturated heterocycles. The summed E-state index contributed by atoms with van der Waals surface area (Å²) < 4.78 is 1.84. The molecular weight excluding hydrogens is 262 g/mol. The fourth-order valence-electron chi connectivity index (χ4n) is 3.56. The van der Waals surface area contributed by atoms with Gasteiger partial charge >= 0.3 is 0 Å². The standard InChI is InChI=1S/C17H31N3O/c1-6-17(2,3)14-7-8-16(21)15(9-14)19(4)11-13-10-18-20(5)12-13/h10,12,14-16,21H,6-9,11H2,1-5H3. The molecule has 1 N–H and O–H groups in total. The van der Waals surface area contributed by atoms with Crippen molar-refractivity contribution < 1.29 is 5.11 Å². The monoisotopic (exact) mass is 293 g/mol. The molecule has 4 heteroatoms. The van der Waals surface area contributed by atoms with Gasteiger partial charge in [0, 0.05) is 31.4 Å². The second-order valence-electron chi connectivity index (χ2n) is 7.42. The van der Waals surface area contributed by atoms with Crippen molar-refractivity contribution in [3.63, 3.8) is 0 Å². The average molecular weight is 293 g/mol. The smallest absolute Gasteiger partial charge is 0.0695 e. The van der Waals surface area contributed by atoms with Crippen LogP contribution in [0, 0.1) is 11.3 Å². The highest BCUT2D eigenvalue weighted by atomic mass is 16.3. The molecular formula is C17H31N3O. The third-order valence-electron chi connectivity index (χ3n) is 5.55. The maximum absolute atomic E-state index is 10.4. The highest BCUT2D eigenvalue weighted by Gasteiger charge is 2.38. The predicted octanol–water partition coefficient (Wildman–Crippen LogP) is 2.82. The molecule has 0 amide bonds. The van der Waals surface area contributed by atoms with Crippen molar-refractivity contribution in [2.24, 2.45) is 18.4 Å². The first-order valence-corrected chi connectivity index (χ1v) is 8.19. The maximum Gasteiger partial charge on any atom is 0.0695 e. The second kappa shape index (κ2) is 6.49. The van der Waals surface area contributed by atoms with E-state index in [0.29, 0.717) is 11.3 Å². The molecule has 1 heterocycles. The highest BCUT2D eigenvalue weighted by molar-refractivity contribution is 5.04. The van der Waals surface area contributed by atoms with E-state index in [1.807, 2.05) is 17.9 Å². The first kappa shape index (κ1) is 16.5. The Hall–Kier alpha value is -0.870. The molecule has 4 nitrogen and oxygen atoms in total. The summed E-state index contributed by atoms with van der Waals surface area (Å²) in [6, 6.07) is 0.259. The maximum atomic E-state index is 10.4. The number of likely N-dealkylation sites (N-methyl/N-ethyl adjacent to an activating group) is 1. The number of aromatic nitrogens is 2. The van der Waals surface area contributed by atoms with Gasteiger partial charge in [-0.25, -0.2) is 0 Å². The van der Waals surface area contributed by atoms with Crippen molar-refractivity contribution in [1.82, 2.24) is 14.7 Å². The molecule has 1 aliphatic rings. The molecule has 3 unspecified atom stereocenters. The first-order valence-electron chi connectivity index (χ1n) is 8.19. The third kappa shape index (κ3) is 3.86. The van der Waals surface area contributed by atoms with E-state index in [-0.39, 0.29) is 12.1 Å². The van der Waals surface area contributed by atoms with Crippen LogP contribution in [-0.4, -0.2) is 39.0 Å². The number of nitrogens with zero attached hydrogens (tertiary/aromatic N) is 3. The molecule has 1 aromatic heterocycles.